The van der Waals surface area contributed by atoms with Gasteiger partial charge in [-0.25, -0.2) is 0 Å². The van der Waals surface area contributed by atoms with Crippen LogP contribution < -0.4 is 16.0 Å². The summed E-state index contributed by atoms with van der Waals surface area (Å²) in [6, 6.07) is 5.22. The van der Waals surface area contributed by atoms with Crippen LogP contribution in [0, 0.1) is 0 Å². The van der Waals surface area contributed by atoms with Crippen LogP contribution in [-0.2, 0) is 14.3 Å². The summed E-state index contributed by atoms with van der Waals surface area (Å²) in [7, 11) is 0. The maximum Gasteiger partial charge on any atom is 0.401 e. The Hall–Kier alpha value is -2.17. The Balaban J connectivity index is 1.67. The third kappa shape index (κ3) is 5.46. The summed E-state index contributed by atoms with van der Waals surface area (Å²) in [5.41, 5.74) is 6.77. The van der Waals surface area contributed by atoms with Crippen LogP contribution in [0.4, 0.5) is 24.5 Å². The van der Waals surface area contributed by atoms with Gasteiger partial charge in [-0.05, 0) is 37.1 Å². The van der Waals surface area contributed by atoms with Crippen LogP contribution in [0.3, 0.4) is 0 Å². The van der Waals surface area contributed by atoms with Gasteiger partial charge in [-0.2, -0.15) is 13.2 Å². The van der Waals surface area contributed by atoms with E-state index in [4.69, 9.17) is 10.5 Å². The first kappa shape index (κ1) is 21.5. The van der Waals surface area contributed by atoms with Gasteiger partial charge in [0.05, 0.1) is 13.2 Å². The summed E-state index contributed by atoms with van der Waals surface area (Å²) in [5, 5.41) is 2.65. The Morgan fingerprint density at radius 3 is 2.52 bits per heavy atom. The molecule has 1 saturated carbocycles. The minimum absolute atomic E-state index is 0.0207. The Morgan fingerprint density at radius 2 is 2.00 bits per heavy atom. The molecule has 0 spiro atoms. The number of amides is 2. The van der Waals surface area contributed by atoms with Crippen molar-refractivity contribution in [2.45, 2.75) is 37.5 Å². The van der Waals surface area contributed by atoms with Gasteiger partial charge in [0, 0.05) is 30.5 Å². The second-order valence-corrected chi connectivity index (χ2v) is 7.26. The van der Waals surface area contributed by atoms with Crippen LogP contribution in [0.1, 0.15) is 19.3 Å². The summed E-state index contributed by atoms with van der Waals surface area (Å²) in [5.74, 6) is -0.724. The Morgan fingerprint density at radius 1 is 1.31 bits per heavy atom. The molecular weight excluding hydrogens is 389 g/mol. The molecule has 29 heavy (non-hydrogen) atoms. The second-order valence-electron chi connectivity index (χ2n) is 7.26. The number of rotatable bonds is 7. The van der Waals surface area contributed by atoms with Crippen LogP contribution >= 0.6 is 0 Å². The highest BCUT2D eigenvalue weighted by atomic mass is 19.4. The van der Waals surface area contributed by atoms with Crippen molar-refractivity contribution in [2.75, 3.05) is 43.1 Å². The highest BCUT2D eigenvalue weighted by molar-refractivity contribution is 5.97. The molecule has 1 aromatic rings. The minimum atomic E-state index is -4.41. The molecule has 1 heterocycles. The lowest BCUT2D eigenvalue weighted by atomic mass is 9.90. The molecule has 1 aliphatic heterocycles. The van der Waals surface area contributed by atoms with Gasteiger partial charge in [0.25, 0.3) is 5.91 Å². The van der Waals surface area contributed by atoms with Gasteiger partial charge in [-0.1, -0.05) is 6.42 Å². The average Bonchev–Trinajstić information content (AvgIpc) is 2.61. The van der Waals surface area contributed by atoms with E-state index in [0.717, 1.165) is 6.42 Å². The summed E-state index contributed by atoms with van der Waals surface area (Å²) in [6.07, 6.45) is -2.31. The van der Waals surface area contributed by atoms with E-state index in [-0.39, 0.29) is 25.1 Å². The zero-order valence-electron chi connectivity index (χ0n) is 16.0. The molecule has 0 radical (unpaired) electrons. The number of ether oxygens (including phenoxy) is 1. The van der Waals surface area contributed by atoms with Gasteiger partial charge < -0.3 is 20.7 Å². The minimum Gasteiger partial charge on any atom is -0.370 e. The standard InChI is InChI=1S/C19H25F3N4O3/c20-19(21,22)12-26(14-2-1-3-14)16(10-23)18(28)24-13-4-6-15(7-5-13)25-8-9-29-11-17(25)27/h4-7,14,16H,1-3,8-12,23H2,(H,24,28)/t16-/m1/s1. The third-order valence-electron chi connectivity index (χ3n) is 5.26. The fourth-order valence-corrected chi connectivity index (χ4v) is 3.55. The number of hydrogen-bond donors (Lipinski definition) is 2. The van der Waals surface area contributed by atoms with Gasteiger partial charge >= 0.3 is 6.18 Å². The molecule has 160 valence electrons. The predicted octanol–water partition coefficient (Wildman–Crippen LogP) is 1.73. The third-order valence-corrected chi connectivity index (χ3v) is 5.26. The lowest BCUT2D eigenvalue weighted by Crippen LogP contribution is -2.57. The molecule has 1 aromatic carbocycles. The normalized spacial score (nSPS) is 19.2. The number of morpholine rings is 1. The molecule has 0 unspecified atom stereocenters. The smallest absolute Gasteiger partial charge is 0.370 e. The molecule has 3 rings (SSSR count). The van der Waals surface area contributed by atoms with Crippen molar-refractivity contribution in [1.82, 2.24) is 4.90 Å². The maximum atomic E-state index is 13.0. The molecule has 1 atom stereocenters. The van der Waals surface area contributed by atoms with Gasteiger partial charge in [-0.3, -0.25) is 14.5 Å². The van der Waals surface area contributed by atoms with Gasteiger partial charge in [0.1, 0.15) is 12.6 Å². The second kappa shape index (κ2) is 9.10. The molecule has 3 N–H and O–H groups in total. The number of carbonyl (C=O) groups is 2. The van der Waals surface area contributed by atoms with Crippen molar-refractivity contribution in [1.29, 1.82) is 0 Å². The van der Waals surface area contributed by atoms with Crippen LogP contribution in [0.5, 0.6) is 0 Å². The Kier molecular flexibility index (Phi) is 6.76. The molecule has 2 amide bonds. The van der Waals surface area contributed by atoms with Crippen molar-refractivity contribution in [2.24, 2.45) is 5.73 Å². The van der Waals surface area contributed by atoms with E-state index in [2.05, 4.69) is 5.32 Å². The number of alkyl halides is 3. The van der Waals surface area contributed by atoms with E-state index in [0.29, 0.717) is 37.4 Å². The maximum absolute atomic E-state index is 13.0. The average molecular weight is 414 g/mol. The predicted molar refractivity (Wildman–Crippen MR) is 101 cm³/mol. The summed E-state index contributed by atoms with van der Waals surface area (Å²) in [4.78, 5) is 27.3. The molecule has 0 aromatic heterocycles. The Labute approximate surface area is 167 Å². The largest absolute Gasteiger partial charge is 0.401 e. The summed E-state index contributed by atoms with van der Waals surface area (Å²) in [6.45, 7) is -0.469. The van der Waals surface area contributed by atoms with Crippen LogP contribution in [0.15, 0.2) is 24.3 Å². The van der Waals surface area contributed by atoms with Gasteiger partial charge in [-0.15, -0.1) is 0 Å². The van der Waals surface area contributed by atoms with E-state index in [9.17, 15) is 22.8 Å². The summed E-state index contributed by atoms with van der Waals surface area (Å²) >= 11 is 0. The molecule has 1 saturated heterocycles. The Bertz CT molecular complexity index is 722. The van der Waals surface area contributed by atoms with Crippen molar-refractivity contribution >= 4 is 23.2 Å². The number of nitrogens with one attached hydrogen (secondary N) is 1. The topological polar surface area (TPSA) is 87.9 Å². The molecular formula is C19H25F3N4O3. The summed E-state index contributed by atoms with van der Waals surface area (Å²) < 4.78 is 44.1. The van der Waals surface area contributed by atoms with Crippen molar-refractivity contribution < 1.29 is 27.5 Å². The number of nitrogens with two attached hydrogens (primary N) is 1. The first-order valence-corrected chi connectivity index (χ1v) is 9.60. The van der Waals surface area contributed by atoms with Crippen LogP contribution in [-0.4, -0.2) is 67.8 Å². The number of benzene rings is 1. The van der Waals surface area contributed by atoms with Gasteiger partial charge in [0.2, 0.25) is 5.91 Å². The number of nitrogens with zero attached hydrogens (tertiary/aromatic N) is 2. The number of anilines is 2. The first-order chi connectivity index (χ1) is 13.8. The highest BCUT2D eigenvalue weighted by Gasteiger charge is 2.41. The van der Waals surface area contributed by atoms with E-state index in [1.807, 2.05) is 0 Å². The van der Waals surface area contributed by atoms with E-state index in [1.165, 1.54) is 4.90 Å². The fraction of sp³-hybridized carbons (Fsp3) is 0.579. The first-order valence-electron chi connectivity index (χ1n) is 9.60. The van der Waals surface area contributed by atoms with Crippen LogP contribution in [0.25, 0.3) is 0 Å². The quantitative estimate of drug-likeness (QED) is 0.710. The monoisotopic (exact) mass is 414 g/mol. The zero-order chi connectivity index (χ0) is 21.0. The zero-order valence-corrected chi connectivity index (χ0v) is 16.0. The lowest BCUT2D eigenvalue weighted by molar-refractivity contribution is -0.162. The van der Waals surface area contributed by atoms with Crippen molar-refractivity contribution in [3.8, 4) is 0 Å². The molecule has 10 heteroatoms. The van der Waals surface area contributed by atoms with E-state index in [1.54, 1.807) is 29.2 Å². The van der Waals surface area contributed by atoms with Gasteiger partial charge in [0.15, 0.2) is 0 Å². The highest BCUT2D eigenvalue weighted by Crippen LogP contribution is 2.30. The molecule has 0 bridgehead atoms. The van der Waals surface area contributed by atoms with E-state index < -0.39 is 24.7 Å². The number of carbonyl (C=O) groups excluding carboxylic acids is 2. The molecule has 1 aliphatic carbocycles. The van der Waals surface area contributed by atoms with Crippen LogP contribution in [0.2, 0.25) is 0 Å². The molecule has 2 fully saturated rings. The number of hydrogen-bond acceptors (Lipinski definition) is 5. The number of halogens is 3. The van der Waals surface area contributed by atoms with Crippen molar-refractivity contribution in [3.63, 3.8) is 0 Å². The SMILES string of the molecule is NC[C@H](C(=O)Nc1ccc(N2CCOCC2=O)cc1)N(CC(F)(F)F)C1CCC1. The molecule has 7 nitrogen and oxygen atoms in total. The lowest BCUT2D eigenvalue weighted by Gasteiger charge is -2.41. The van der Waals surface area contributed by atoms with Crippen molar-refractivity contribution in [3.05, 3.63) is 24.3 Å². The van der Waals surface area contributed by atoms with E-state index >= 15 is 0 Å². The fourth-order valence-electron chi connectivity index (χ4n) is 3.55. The molecule has 2 aliphatic rings.